The molecule has 0 aromatic heterocycles. The van der Waals surface area contributed by atoms with Crippen molar-refractivity contribution >= 4 is 5.91 Å². The van der Waals surface area contributed by atoms with E-state index in [9.17, 15) is 4.79 Å². The van der Waals surface area contributed by atoms with Crippen molar-refractivity contribution in [1.82, 2.24) is 5.32 Å². The Hall–Kier alpha value is -0.790. The molecule has 1 rings (SSSR count). The summed E-state index contributed by atoms with van der Waals surface area (Å²) in [6.07, 6.45) is 7.29. The van der Waals surface area contributed by atoms with Gasteiger partial charge in [0.05, 0.1) is 0 Å². The number of rotatable bonds is 4. The summed E-state index contributed by atoms with van der Waals surface area (Å²) in [4.78, 5) is 11.4. The van der Waals surface area contributed by atoms with Crippen LogP contribution in [0, 0.1) is 11.8 Å². The SMILES string of the molecule is CC(C)CNC(=O)CC1C=CCC1. The minimum atomic E-state index is 0.199. The first-order chi connectivity index (χ1) is 6.18. The van der Waals surface area contributed by atoms with Crippen LogP contribution < -0.4 is 5.32 Å². The van der Waals surface area contributed by atoms with Crippen LogP contribution in [-0.4, -0.2) is 12.5 Å². The standard InChI is InChI=1S/C11H19NO/c1-9(2)8-12-11(13)7-10-5-3-4-6-10/h3,5,9-10H,4,6-8H2,1-2H3,(H,12,13). The summed E-state index contributed by atoms with van der Waals surface area (Å²) in [5.74, 6) is 1.24. The molecule has 0 heterocycles. The molecule has 1 aliphatic carbocycles. The van der Waals surface area contributed by atoms with Gasteiger partial charge in [-0.05, 0) is 24.7 Å². The van der Waals surface area contributed by atoms with E-state index in [1.165, 1.54) is 0 Å². The number of carbonyl (C=O) groups is 1. The van der Waals surface area contributed by atoms with Crippen molar-refractivity contribution in [3.05, 3.63) is 12.2 Å². The van der Waals surface area contributed by atoms with Crippen LogP contribution in [0.4, 0.5) is 0 Å². The van der Waals surface area contributed by atoms with Crippen LogP contribution in [0.25, 0.3) is 0 Å². The Morgan fingerprint density at radius 3 is 2.92 bits per heavy atom. The van der Waals surface area contributed by atoms with Crippen molar-refractivity contribution in [3.8, 4) is 0 Å². The number of hydrogen-bond donors (Lipinski definition) is 1. The first kappa shape index (κ1) is 10.3. The maximum Gasteiger partial charge on any atom is 0.220 e. The molecule has 2 heteroatoms. The molecule has 0 bridgehead atoms. The van der Waals surface area contributed by atoms with Crippen molar-refractivity contribution in [2.75, 3.05) is 6.54 Å². The first-order valence-corrected chi connectivity index (χ1v) is 5.12. The minimum Gasteiger partial charge on any atom is -0.356 e. The van der Waals surface area contributed by atoms with E-state index in [0.29, 0.717) is 18.3 Å². The fraction of sp³-hybridized carbons (Fsp3) is 0.727. The van der Waals surface area contributed by atoms with Gasteiger partial charge in [0.2, 0.25) is 5.91 Å². The zero-order valence-corrected chi connectivity index (χ0v) is 8.55. The monoisotopic (exact) mass is 181 g/mol. The molecular weight excluding hydrogens is 162 g/mol. The number of carbonyl (C=O) groups excluding carboxylic acids is 1. The van der Waals surface area contributed by atoms with Gasteiger partial charge in [-0.25, -0.2) is 0 Å². The van der Waals surface area contributed by atoms with Crippen molar-refractivity contribution in [2.24, 2.45) is 11.8 Å². The summed E-state index contributed by atoms with van der Waals surface area (Å²) in [6, 6.07) is 0. The molecule has 1 N–H and O–H groups in total. The molecule has 0 radical (unpaired) electrons. The Morgan fingerprint density at radius 2 is 2.38 bits per heavy atom. The Labute approximate surface area is 80.4 Å². The predicted octanol–water partition coefficient (Wildman–Crippen LogP) is 2.11. The molecule has 13 heavy (non-hydrogen) atoms. The highest BCUT2D eigenvalue weighted by Gasteiger charge is 2.13. The lowest BCUT2D eigenvalue weighted by molar-refractivity contribution is -0.121. The van der Waals surface area contributed by atoms with Crippen LogP contribution in [0.1, 0.15) is 33.1 Å². The van der Waals surface area contributed by atoms with Crippen molar-refractivity contribution in [1.29, 1.82) is 0 Å². The van der Waals surface area contributed by atoms with Crippen molar-refractivity contribution in [3.63, 3.8) is 0 Å². The van der Waals surface area contributed by atoms with Crippen molar-refractivity contribution < 1.29 is 4.79 Å². The van der Waals surface area contributed by atoms with E-state index in [0.717, 1.165) is 19.4 Å². The molecule has 2 nitrogen and oxygen atoms in total. The topological polar surface area (TPSA) is 29.1 Å². The molecule has 0 saturated carbocycles. The van der Waals surface area contributed by atoms with Gasteiger partial charge in [-0.15, -0.1) is 0 Å². The van der Waals surface area contributed by atoms with E-state index in [4.69, 9.17) is 0 Å². The number of nitrogens with one attached hydrogen (secondary N) is 1. The van der Waals surface area contributed by atoms with Gasteiger partial charge in [-0.1, -0.05) is 26.0 Å². The summed E-state index contributed by atoms with van der Waals surface area (Å²) < 4.78 is 0. The van der Waals surface area contributed by atoms with E-state index in [1.807, 2.05) is 0 Å². The van der Waals surface area contributed by atoms with Crippen LogP contribution in [-0.2, 0) is 4.79 Å². The highest BCUT2D eigenvalue weighted by molar-refractivity contribution is 5.76. The molecule has 0 aromatic carbocycles. The molecule has 1 unspecified atom stereocenters. The minimum absolute atomic E-state index is 0.199. The molecule has 0 spiro atoms. The normalized spacial score (nSPS) is 21.0. The van der Waals surface area contributed by atoms with E-state index < -0.39 is 0 Å². The van der Waals surface area contributed by atoms with E-state index >= 15 is 0 Å². The molecule has 1 atom stereocenters. The maximum atomic E-state index is 11.4. The van der Waals surface area contributed by atoms with E-state index in [-0.39, 0.29) is 5.91 Å². The molecule has 1 aliphatic rings. The quantitative estimate of drug-likeness (QED) is 0.661. The van der Waals surface area contributed by atoms with Gasteiger partial charge in [0, 0.05) is 13.0 Å². The maximum absolute atomic E-state index is 11.4. The predicted molar refractivity (Wildman–Crippen MR) is 54.3 cm³/mol. The third-order valence-electron chi connectivity index (χ3n) is 2.27. The van der Waals surface area contributed by atoms with Crippen LogP contribution in [0.2, 0.25) is 0 Å². The van der Waals surface area contributed by atoms with E-state index in [2.05, 4.69) is 31.3 Å². The van der Waals surface area contributed by atoms with Gasteiger partial charge in [0.25, 0.3) is 0 Å². The zero-order valence-electron chi connectivity index (χ0n) is 8.55. The third kappa shape index (κ3) is 4.11. The summed E-state index contributed by atoms with van der Waals surface area (Å²) in [7, 11) is 0. The zero-order chi connectivity index (χ0) is 9.68. The largest absolute Gasteiger partial charge is 0.356 e. The molecule has 0 aliphatic heterocycles. The summed E-state index contributed by atoms with van der Waals surface area (Å²) in [5.41, 5.74) is 0. The summed E-state index contributed by atoms with van der Waals surface area (Å²) in [6.45, 7) is 5.01. The lowest BCUT2D eigenvalue weighted by Gasteiger charge is -2.10. The number of allylic oxidation sites excluding steroid dienone is 2. The summed E-state index contributed by atoms with van der Waals surface area (Å²) >= 11 is 0. The smallest absolute Gasteiger partial charge is 0.220 e. The van der Waals surface area contributed by atoms with Gasteiger partial charge in [0.1, 0.15) is 0 Å². The van der Waals surface area contributed by atoms with Crippen LogP contribution in [0.15, 0.2) is 12.2 Å². The van der Waals surface area contributed by atoms with Crippen molar-refractivity contribution in [2.45, 2.75) is 33.1 Å². The first-order valence-electron chi connectivity index (χ1n) is 5.12. The highest BCUT2D eigenvalue weighted by Crippen LogP contribution is 2.19. The fourth-order valence-corrected chi connectivity index (χ4v) is 1.49. The Bertz CT molecular complexity index is 196. The molecule has 0 fully saturated rings. The number of amides is 1. The second-order valence-electron chi connectivity index (χ2n) is 4.17. The lowest BCUT2D eigenvalue weighted by Crippen LogP contribution is -2.28. The third-order valence-corrected chi connectivity index (χ3v) is 2.27. The average molecular weight is 181 g/mol. The average Bonchev–Trinajstić information content (AvgIpc) is 2.53. The molecule has 1 amide bonds. The second kappa shape index (κ2) is 5.05. The van der Waals surface area contributed by atoms with Gasteiger partial charge in [0.15, 0.2) is 0 Å². The Morgan fingerprint density at radius 1 is 1.62 bits per heavy atom. The molecule has 0 aromatic rings. The van der Waals surface area contributed by atoms with Gasteiger partial charge in [-0.2, -0.15) is 0 Å². The molecular formula is C11H19NO. The van der Waals surface area contributed by atoms with Crippen LogP contribution in [0.5, 0.6) is 0 Å². The van der Waals surface area contributed by atoms with Crippen LogP contribution in [0.3, 0.4) is 0 Å². The van der Waals surface area contributed by atoms with Gasteiger partial charge < -0.3 is 5.32 Å². The number of hydrogen-bond acceptors (Lipinski definition) is 1. The van der Waals surface area contributed by atoms with Gasteiger partial charge >= 0.3 is 0 Å². The van der Waals surface area contributed by atoms with E-state index in [1.54, 1.807) is 0 Å². The Balaban J connectivity index is 2.13. The highest BCUT2D eigenvalue weighted by atomic mass is 16.1. The molecule has 0 saturated heterocycles. The second-order valence-corrected chi connectivity index (χ2v) is 4.17. The lowest BCUT2D eigenvalue weighted by atomic mass is 10.0. The Kier molecular flexibility index (Phi) is 4.00. The fourth-order valence-electron chi connectivity index (χ4n) is 1.49. The summed E-state index contributed by atoms with van der Waals surface area (Å²) in [5, 5.41) is 2.94. The molecule has 74 valence electrons. The van der Waals surface area contributed by atoms with Crippen LogP contribution >= 0.6 is 0 Å². The van der Waals surface area contributed by atoms with Gasteiger partial charge in [-0.3, -0.25) is 4.79 Å².